The minimum absolute atomic E-state index is 0.0591. The molecule has 0 bridgehead atoms. The topological polar surface area (TPSA) is 52.0 Å². The van der Waals surface area contributed by atoms with Crippen molar-refractivity contribution < 1.29 is 19.2 Å². The summed E-state index contributed by atoms with van der Waals surface area (Å²) in [7, 11) is 0. The fourth-order valence-corrected chi connectivity index (χ4v) is 2.69. The molecule has 0 unspecified atom stereocenters. The van der Waals surface area contributed by atoms with Crippen LogP contribution in [0, 0.1) is 13.8 Å². The first-order valence-corrected chi connectivity index (χ1v) is 8.02. The van der Waals surface area contributed by atoms with Gasteiger partial charge < -0.3 is 19.7 Å². The van der Waals surface area contributed by atoms with Gasteiger partial charge in [0.2, 0.25) is 0 Å². The fraction of sp³-hybridized carbons (Fsp3) is 0.588. The SMILES string of the molecule is Cc1cc(C)cc(OCC(=O)NCCC[NH+]2CCOCC2)c1. The average Bonchev–Trinajstić information content (AvgIpc) is 2.50. The molecule has 0 atom stereocenters. The Balaban J connectivity index is 1.59. The second-order valence-corrected chi connectivity index (χ2v) is 5.93. The number of quaternary nitrogens is 1. The molecule has 1 aromatic rings. The van der Waals surface area contributed by atoms with E-state index >= 15 is 0 Å². The zero-order valence-corrected chi connectivity index (χ0v) is 13.6. The molecule has 1 heterocycles. The molecule has 1 saturated heterocycles. The number of hydrogen-bond donors (Lipinski definition) is 2. The average molecular weight is 307 g/mol. The molecule has 0 spiro atoms. The van der Waals surface area contributed by atoms with Crippen LogP contribution in [0.25, 0.3) is 0 Å². The van der Waals surface area contributed by atoms with E-state index in [-0.39, 0.29) is 12.5 Å². The number of ether oxygens (including phenoxy) is 2. The third kappa shape index (κ3) is 6.03. The molecule has 0 saturated carbocycles. The van der Waals surface area contributed by atoms with Crippen molar-refractivity contribution >= 4 is 5.91 Å². The summed E-state index contributed by atoms with van der Waals surface area (Å²) in [5.74, 6) is 0.696. The second kappa shape index (κ2) is 8.76. The van der Waals surface area contributed by atoms with Gasteiger partial charge in [-0.3, -0.25) is 4.79 Å². The van der Waals surface area contributed by atoms with Crippen LogP contribution in [0.5, 0.6) is 5.75 Å². The number of benzene rings is 1. The van der Waals surface area contributed by atoms with Crippen molar-refractivity contribution in [2.45, 2.75) is 20.3 Å². The summed E-state index contributed by atoms with van der Waals surface area (Å²) in [6.45, 7) is 9.76. The Labute approximate surface area is 132 Å². The van der Waals surface area contributed by atoms with Gasteiger partial charge in [-0.1, -0.05) is 6.07 Å². The Morgan fingerprint density at radius 3 is 2.59 bits per heavy atom. The minimum atomic E-state index is -0.0591. The summed E-state index contributed by atoms with van der Waals surface area (Å²) in [5.41, 5.74) is 2.28. The number of amides is 1. The van der Waals surface area contributed by atoms with Crippen molar-refractivity contribution in [1.82, 2.24) is 5.32 Å². The maximum atomic E-state index is 11.8. The molecule has 5 nitrogen and oxygen atoms in total. The van der Waals surface area contributed by atoms with E-state index in [1.54, 1.807) is 4.90 Å². The van der Waals surface area contributed by atoms with Gasteiger partial charge >= 0.3 is 0 Å². The zero-order chi connectivity index (χ0) is 15.8. The highest BCUT2D eigenvalue weighted by Gasteiger charge is 2.13. The lowest BCUT2D eigenvalue weighted by atomic mass is 10.1. The second-order valence-electron chi connectivity index (χ2n) is 5.93. The smallest absolute Gasteiger partial charge is 0.257 e. The molecule has 1 aromatic carbocycles. The van der Waals surface area contributed by atoms with Gasteiger partial charge in [-0.2, -0.15) is 0 Å². The van der Waals surface area contributed by atoms with Gasteiger partial charge in [0.25, 0.3) is 5.91 Å². The van der Waals surface area contributed by atoms with Gasteiger partial charge in [0, 0.05) is 13.0 Å². The third-order valence-electron chi connectivity index (χ3n) is 3.79. The normalized spacial score (nSPS) is 15.5. The van der Waals surface area contributed by atoms with E-state index in [0.29, 0.717) is 6.54 Å². The first kappa shape index (κ1) is 16.8. The van der Waals surface area contributed by atoms with Crippen molar-refractivity contribution in [3.05, 3.63) is 29.3 Å². The van der Waals surface area contributed by atoms with Crippen LogP contribution < -0.4 is 15.0 Å². The van der Waals surface area contributed by atoms with E-state index in [4.69, 9.17) is 9.47 Å². The number of carbonyl (C=O) groups is 1. The van der Waals surface area contributed by atoms with Crippen molar-refractivity contribution in [3.8, 4) is 5.75 Å². The van der Waals surface area contributed by atoms with Crippen LogP contribution in [-0.4, -0.2) is 51.9 Å². The Morgan fingerprint density at radius 1 is 1.23 bits per heavy atom. The van der Waals surface area contributed by atoms with Gasteiger partial charge in [-0.05, 0) is 37.1 Å². The highest BCUT2D eigenvalue weighted by atomic mass is 16.5. The molecule has 122 valence electrons. The maximum Gasteiger partial charge on any atom is 0.257 e. The third-order valence-corrected chi connectivity index (χ3v) is 3.79. The first-order valence-electron chi connectivity index (χ1n) is 8.02. The molecule has 1 fully saturated rings. The lowest BCUT2D eigenvalue weighted by Crippen LogP contribution is -3.14. The van der Waals surface area contributed by atoms with Gasteiger partial charge in [0.15, 0.2) is 6.61 Å². The van der Waals surface area contributed by atoms with Gasteiger partial charge in [-0.25, -0.2) is 0 Å². The maximum absolute atomic E-state index is 11.8. The van der Waals surface area contributed by atoms with Crippen LogP contribution in [0.15, 0.2) is 18.2 Å². The van der Waals surface area contributed by atoms with E-state index in [2.05, 4.69) is 11.4 Å². The molecule has 2 rings (SSSR count). The van der Waals surface area contributed by atoms with Gasteiger partial charge in [0.1, 0.15) is 18.8 Å². The summed E-state index contributed by atoms with van der Waals surface area (Å²) >= 11 is 0. The molecule has 2 N–H and O–H groups in total. The first-order chi connectivity index (χ1) is 10.6. The summed E-state index contributed by atoms with van der Waals surface area (Å²) in [6, 6.07) is 5.98. The number of aryl methyl sites for hydroxylation is 2. The van der Waals surface area contributed by atoms with E-state index < -0.39 is 0 Å². The van der Waals surface area contributed by atoms with E-state index in [9.17, 15) is 4.79 Å². The van der Waals surface area contributed by atoms with Crippen LogP contribution in [0.2, 0.25) is 0 Å². The largest absolute Gasteiger partial charge is 0.484 e. The van der Waals surface area contributed by atoms with Crippen molar-refractivity contribution in [2.75, 3.05) is 46.0 Å². The molecule has 5 heteroatoms. The van der Waals surface area contributed by atoms with Gasteiger partial charge in [-0.15, -0.1) is 0 Å². The molecular formula is C17H27N2O3+. The number of hydrogen-bond acceptors (Lipinski definition) is 3. The van der Waals surface area contributed by atoms with E-state index in [1.807, 2.05) is 26.0 Å². The Morgan fingerprint density at radius 2 is 1.91 bits per heavy atom. The lowest BCUT2D eigenvalue weighted by Gasteiger charge is -2.23. The fourth-order valence-electron chi connectivity index (χ4n) is 2.69. The lowest BCUT2D eigenvalue weighted by molar-refractivity contribution is -0.908. The summed E-state index contributed by atoms with van der Waals surface area (Å²) in [4.78, 5) is 13.3. The molecular weight excluding hydrogens is 280 g/mol. The summed E-state index contributed by atoms with van der Waals surface area (Å²) < 4.78 is 10.9. The van der Waals surface area contributed by atoms with E-state index in [0.717, 1.165) is 56.1 Å². The monoisotopic (exact) mass is 307 g/mol. The van der Waals surface area contributed by atoms with Crippen LogP contribution in [0.4, 0.5) is 0 Å². The highest BCUT2D eigenvalue weighted by Crippen LogP contribution is 2.15. The molecule has 0 aromatic heterocycles. The predicted molar refractivity (Wildman–Crippen MR) is 85.4 cm³/mol. The molecule has 22 heavy (non-hydrogen) atoms. The Kier molecular flexibility index (Phi) is 6.68. The van der Waals surface area contributed by atoms with Gasteiger partial charge in [0.05, 0.1) is 19.8 Å². The molecule has 1 aliphatic rings. The standard InChI is InChI=1S/C17H26N2O3/c1-14-10-15(2)12-16(11-14)22-13-17(20)18-4-3-5-19-6-8-21-9-7-19/h10-12H,3-9,13H2,1-2H3,(H,18,20)/p+1. The molecule has 0 radical (unpaired) electrons. The highest BCUT2D eigenvalue weighted by molar-refractivity contribution is 5.77. The quantitative estimate of drug-likeness (QED) is 0.703. The number of morpholine rings is 1. The van der Waals surface area contributed by atoms with E-state index in [1.165, 1.54) is 0 Å². The zero-order valence-electron chi connectivity index (χ0n) is 13.6. The number of carbonyl (C=O) groups excluding carboxylic acids is 1. The predicted octanol–water partition coefficient (Wildman–Crippen LogP) is 0.104. The molecule has 1 amide bonds. The van der Waals surface area contributed by atoms with Crippen LogP contribution >= 0.6 is 0 Å². The van der Waals surface area contributed by atoms with Crippen LogP contribution in [0.3, 0.4) is 0 Å². The molecule has 0 aliphatic carbocycles. The van der Waals surface area contributed by atoms with Crippen molar-refractivity contribution in [1.29, 1.82) is 0 Å². The van der Waals surface area contributed by atoms with Crippen molar-refractivity contribution in [3.63, 3.8) is 0 Å². The number of nitrogens with one attached hydrogen (secondary N) is 2. The minimum Gasteiger partial charge on any atom is -0.484 e. The summed E-state index contributed by atoms with van der Waals surface area (Å²) in [5, 5.41) is 2.91. The van der Waals surface area contributed by atoms with Crippen molar-refractivity contribution in [2.24, 2.45) is 0 Å². The van der Waals surface area contributed by atoms with Crippen LogP contribution in [-0.2, 0) is 9.53 Å². The van der Waals surface area contributed by atoms with Crippen LogP contribution in [0.1, 0.15) is 17.5 Å². The Hall–Kier alpha value is -1.59. The summed E-state index contributed by atoms with van der Waals surface area (Å²) in [6.07, 6.45) is 0.991. The Bertz CT molecular complexity index is 465. The molecule has 1 aliphatic heterocycles. The number of rotatable bonds is 7.